The highest BCUT2D eigenvalue weighted by Gasteiger charge is 2.07. The lowest BCUT2D eigenvalue weighted by molar-refractivity contribution is 0.856. The molecule has 0 aliphatic rings. The molecule has 0 radical (unpaired) electrons. The molecule has 2 aromatic heterocycles. The van der Waals surface area contributed by atoms with E-state index < -0.39 is 0 Å². The third-order valence-corrected chi connectivity index (χ3v) is 3.31. The van der Waals surface area contributed by atoms with E-state index in [1.165, 1.54) is 5.56 Å². The highest BCUT2D eigenvalue weighted by molar-refractivity contribution is 5.59. The summed E-state index contributed by atoms with van der Waals surface area (Å²) in [6.45, 7) is 6.65. The molecular formula is C15H19N5. The van der Waals surface area contributed by atoms with Crippen LogP contribution in [0.2, 0.25) is 0 Å². The van der Waals surface area contributed by atoms with Crippen LogP contribution in [0.3, 0.4) is 0 Å². The summed E-state index contributed by atoms with van der Waals surface area (Å²) >= 11 is 0. The van der Waals surface area contributed by atoms with Crippen molar-refractivity contribution in [1.29, 1.82) is 5.26 Å². The minimum Gasteiger partial charge on any atom is -0.384 e. The van der Waals surface area contributed by atoms with Crippen molar-refractivity contribution >= 4 is 5.69 Å². The molecule has 0 spiro atoms. The van der Waals surface area contributed by atoms with Crippen molar-refractivity contribution in [2.45, 2.75) is 33.6 Å². The monoisotopic (exact) mass is 269 g/mol. The zero-order valence-electron chi connectivity index (χ0n) is 12.1. The quantitative estimate of drug-likeness (QED) is 0.818. The minimum absolute atomic E-state index is 0.634. The Kier molecular flexibility index (Phi) is 4.36. The average molecular weight is 269 g/mol. The average Bonchev–Trinajstić information content (AvgIpc) is 2.80. The van der Waals surface area contributed by atoms with Crippen LogP contribution in [0.1, 0.15) is 34.6 Å². The second-order valence-corrected chi connectivity index (χ2v) is 4.93. The van der Waals surface area contributed by atoms with Gasteiger partial charge in [-0.25, -0.2) is 0 Å². The van der Waals surface area contributed by atoms with Gasteiger partial charge in [0.05, 0.1) is 23.1 Å². The van der Waals surface area contributed by atoms with E-state index in [2.05, 4.69) is 26.6 Å². The minimum atomic E-state index is 0.634. The maximum absolute atomic E-state index is 9.19. The summed E-state index contributed by atoms with van der Waals surface area (Å²) < 4.78 is 0. The van der Waals surface area contributed by atoms with E-state index in [9.17, 15) is 5.26 Å². The van der Waals surface area contributed by atoms with E-state index in [0.29, 0.717) is 5.56 Å². The van der Waals surface area contributed by atoms with Gasteiger partial charge in [0.15, 0.2) is 0 Å². The van der Waals surface area contributed by atoms with E-state index in [1.807, 2.05) is 33.0 Å². The summed E-state index contributed by atoms with van der Waals surface area (Å²) in [7, 11) is 0. The Morgan fingerprint density at radius 1 is 1.35 bits per heavy atom. The van der Waals surface area contributed by atoms with Gasteiger partial charge in [-0.1, -0.05) is 0 Å². The third kappa shape index (κ3) is 3.15. The van der Waals surface area contributed by atoms with E-state index >= 15 is 0 Å². The van der Waals surface area contributed by atoms with Crippen LogP contribution in [0, 0.1) is 32.1 Å². The number of aromatic nitrogens is 3. The van der Waals surface area contributed by atoms with Crippen LogP contribution in [0.15, 0.2) is 12.3 Å². The number of aryl methyl sites for hydroxylation is 4. The molecule has 0 unspecified atom stereocenters. The number of hydrogen-bond donors (Lipinski definition) is 2. The Morgan fingerprint density at radius 2 is 2.15 bits per heavy atom. The molecule has 2 aromatic rings. The van der Waals surface area contributed by atoms with Gasteiger partial charge in [-0.2, -0.15) is 10.4 Å². The van der Waals surface area contributed by atoms with Crippen LogP contribution in [0.25, 0.3) is 0 Å². The summed E-state index contributed by atoms with van der Waals surface area (Å²) in [4.78, 5) is 4.31. The number of H-pyrrole nitrogens is 1. The fourth-order valence-corrected chi connectivity index (χ4v) is 2.24. The Morgan fingerprint density at radius 3 is 2.80 bits per heavy atom. The molecule has 5 heteroatoms. The number of rotatable bonds is 5. The maximum Gasteiger partial charge on any atom is 0.103 e. The number of nitriles is 1. The number of anilines is 1. The van der Waals surface area contributed by atoms with Gasteiger partial charge >= 0.3 is 0 Å². The molecule has 2 heterocycles. The lowest BCUT2D eigenvalue weighted by Crippen LogP contribution is -2.07. The van der Waals surface area contributed by atoms with Crippen LogP contribution >= 0.6 is 0 Å². The van der Waals surface area contributed by atoms with Crippen molar-refractivity contribution in [3.63, 3.8) is 0 Å². The van der Waals surface area contributed by atoms with Gasteiger partial charge in [0.1, 0.15) is 6.07 Å². The van der Waals surface area contributed by atoms with Crippen LogP contribution in [-0.4, -0.2) is 21.7 Å². The highest BCUT2D eigenvalue weighted by atomic mass is 15.1. The Balaban J connectivity index is 1.95. The zero-order chi connectivity index (χ0) is 14.5. The molecule has 0 aliphatic heterocycles. The summed E-state index contributed by atoms with van der Waals surface area (Å²) in [5, 5.41) is 19.5. The van der Waals surface area contributed by atoms with Gasteiger partial charge in [-0.05, 0) is 45.2 Å². The molecule has 0 fully saturated rings. The molecule has 0 aliphatic carbocycles. The molecule has 5 nitrogen and oxygen atoms in total. The molecule has 0 bridgehead atoms. The van der Waals surface area contributed by atoms with Crippen molar-refractivity contribution in [3.8, 4) is 6.07 Å². The molecule has 0 atom stereocenters. The highest BCUT2D eigenvalue weighted by Crippen LogP contribution is 2.18. The first-order chi connectivity index (χ1) is 9.61. The number of nitrogens with zero attached hydrogens (tertiary/aromatic N) is 3. The van der Waals surface area contributed by atoms with Crippen LogP contribution < -0.4 is 5.32 Å². The van der Waals surface area contributed by atoms with Crippen molar-refractivity contribution in [3.05, 3.63) is 40.5 Å². The van der Waals surface area contributed by atoms with Gasteiger partial charge in [0.25, 0.3) is 0 Å². The summed E-state index contributed by atoms with van der Waals surface area (Å²) in [6, 6.07) is 4.14. The number of aromatic amines is 1. The van der Waals surface area contributed by atoms with Gasteiger partial charge in [-0.3, -0.25) is 10.1 Å². The molecule has 2 N–H and O–H groups in total. The molecular weight excluding hydrogens is 250 g/mol. The van der Waals surface area contributed by atoms with Gasteiger partial charge in [0, 0.05) is 17.9 Å². The van der Waals surface area contributed by atoms with E-state index in [-0.39, 0.29) is 0 Å². The number of nitrogens with one attached hydrogen (secondary N) is 2. The van der Waals surface area contributed by atoms with Crippen LogP contribution in [0.5, 0.6) is 0 Å². The number of hydrogen-bond acceptors (Lipinski definition) is 4. The first-order valence-corrected chi connectivity index (χ1v) is 6.73. The van der Waals surface area contributed by atoms with Crippen LogP contribution in [-0.2, 0) is 6.42 Å². The number of pyridine rings is 1. The summed E-state index contributed by atoms with van der Waals surface area (Å²) in [5.41, 5.74) is 5.58. The normalized spacial score (nSPS) is 10.3. The topological polar surface area (TPSA) is 77.4 Å². The summed E-state index contributed by atoms with van der Waals surface area (Å²) in [6.07, 6.45) is 3.84. The standard InChI is InChI=1S/C15H19N5/c1-10-7-15(14(8-16)12(3)19-10)17-6-4-5-13-9-18-20-11(13)2/h7,9H,4-6H2,1-3H3,(H,17,19)(H,18,20). The van der Waals surface area contributed by atoms with Gasteiger partial charge in [-0.15, -0.1) is 0 Å². The van der Waals surface area contributed by atoms with E-state index in [4.69, 9.17) is 0 Å². The second-order valence-electron chi connectivity index (χ2n) is 4.93. The van der Waals surface area contributed by atoms with Crippen molar-refractivity contribution in [2.75, 3.05) is 11.9 Å². The maximum atomic E-state index is 9.19. The van der Waals surface area contributed by atoms with Gasteiger partial charge < -0.3 is 5.32 Å². The SMILES string of the molecule is Cc1cc(NCCCc2cn[nH]c2C)c(C#N)c(C)n1. The summed E-state index contributed by atoms with van der Waals surface area (Å²) in [5.74, 6) is 0. The molecule has 0 aromatic carbocycles. The largest absolute Gasteiger partial charge is 0.384 e. The van der Waals surface area contributed by atoms with E-state index in [1.54, 1.807) is 0 Å². The predicted molar refractivity (Wildman–Crippen MR) is 78.6 cm³/mol. The van der Waals surface area contributed by atoms with E-state index in [0.717, 1.165) is 42.2 Å². The molecule has 0 saturated carbocycles. The second kappa shape index (κ2) is 6.20. The fourth-order valence-electron chi connectivity index (χ4n) is 2.24. The van der Waals surface area contributed by atoms with Crippen molar-refractivity contribution < 1.29 is 0 Å². The van der Waals surface area contributed by atoms with Crippen molar-refractivity contribution in [2.24, 2.45) is 0 Å². The zero-order valence-corrected chi connectivity index (χ0v) is 12.1. The predicted octanol–water partition coefficient (Wildman–Crippen LogP) is 2.65. The Labute approximate surface area is 119 Å². The molecule has 0 saturated heterocycles. The van der Waals surface area contributed by atoms with Gasteiger partial charge in [0.2, 0.25) is 0 Å². The van der Waals surface area contributed by atoms with Crippen molar-refractivity contribution in [1.82, 2.24) is 15.2 Å². The first-order valence-electron chi connectivity index (χ1n) is 6.73. The smallest absolute Gasteiger partial charge is 0.103 e. The molecule has 2 rings (SSSR count). The molecule has 0 amide bonds. The Bertz CT molecular complexity index is 636. The molecule has 20 heavy (non-hydrogen) atoms. The van der Waals surface area contributed by atoms with Crippen LogP contribution in [0.4, 0.5) is 5.69 Å². The molecule has 104 valence electrons. The lowest BCUT2D eigenvalue weighted by Gasteiger charge is -2.10. The first kappa shape index (κ1) is 14.1. The Hall–Kier alpha value is -2.35. The third-order valence-electron chi connectivity index (χ3n) is 3.31. The fraction of sp³-hybridized carbons (Fsp3) is 0.400. The lowest BCUT2D eigenvalue weighted by atomic mass is 10.1.